The summed E-state index contributed by atoms with van der Waals surface area (Å²) >= 11 is 1.97. The number of aromatic nitrogens is 1. The van der Waals surface area contributed by atoms with Gasteiger partial charge in [-0.1, -0.05) is 57.5 Å². The Labute approximate surface area is 257 Å². The van der Waals surface area contributed by atoms with E-state index in [0.717, 1.165) is 43.4 Å². The number of ether oxygens (including phenoxy) is 1. The molecule has 2 aliphatic rings. The Morgan fingerprint density at radius 2 is 1.62 bits per heavy atom. The molecule has 3 heterocycles. The molecule has 0 amide bonds. The summed E-state index contributed by atoms with van der Waals surface area (Å²) < 4.78 is 15.5. The molecule has 1 aromatic heterocycles. The molecule has 1 fully saturated rings. The minimum atomic E-state index is -1.94. The lowest BCUT2D eigenvalue weighted by molar-refractivity contribution is 0.183. The maximum atomic E-state index is 6.79. The molecule has 0 radical (unpaired) electrons. The van der Waals surface area contributed by atoms with E-state index in [1.165, 1.54) is 70.5 Å². The van der Waals surface area contributed by atoms with E-state index in [4.69, 9.17) is 9.16 Å². The van der Waals surface area contributed by atoms with E-state index < -0.39 is 8.32 Å². The average Bonchev–Trinajstić information content (AvgIpc) is 3.12. The third-order valence-electron chi connectivity index (χ3n) is 9.46. The van der Waals surface area contributed by atoms with Crippen molar-refractivity contribution in [2.24, 2.45) is 0 Å². The molecule has 6 rings (SSSR count). The van der Waals surface area contributed by atoms with E-state index in [1.54, 1.807) is 0 Å². The first-order chi connectivity index (χ1) is 20.2. The highest BCUT2D eigenvalue weighted by Gasteiger charge is 2.39. The van der Waals surface area contributed by atoms with Crippen LogP contribution in [0.15, 0.2) is 71.6 Å². The fraction of sp³-hybridized carbons (Fsp3) is 0.444. The van der Waals surface area contributed by atoms with E-state index in [1.807, 2.05) is 11.8 Å². The van der Waals surface area contributed by atoms with Crippen LogP contribution >= 0.6 is 11.8 Å². The average molecular weight is 599 g/mol. The molecule has 42 heavy (non-hydrogen) atoms. The molecular weight excluding hydrogens is 553 g/mol. The molecule has 0 bridgehead atoms. The van der Waals surface area contributed by atoms with Crippen molar-refractivity contribution in [2.45, 2.75) is 76.0 Å². The second-order valence-corrected chi connectivity index (χ2v) is 19.3. The van der Waals surface area contributed by atoms with Gasteiger partial charge in [0, 0.05) is 40.2 Å². The molecule has 4 aromatic rings. The molecule has 0 saturated carbocycles. The van der Waals surface area contributed by atoms with Crippen molar-refractivity contribution in [3.63, 3.8) is 0 Å². The van der Waals surface area contributed by atoms with Gasteiger partial charge in [0.05, 0.1) is 5.69 Å². The Bertz CT molecular complexity index is 1530. The third kappa shape index (κ3) is 6.17. The van der Waals surface area contributed by atoms with E-state index in [-0.39, 0.29) is 5.04 Å². The van der Waals surface area contributed by atoms with Crippen molar-refractivity contribution in [2.75, 3.05) is 32.0 Å². The van der Waals surface area contributed by atoms with Gasteiger partial charge in [-0.3, -0.25) is 4.90 Å². The summed E-state index contributed by atoms with van der Waals surface area (Å²) in [6.07, 6.45) is 5.06. The Kier molecular flexibility index (Phi) is 8.50. The van der Waals surface area contributed by atoms with Crippen molar-refractivity contribution in [3.05, 3.63) is 77.9 Å². The van der Waals surface area contributed by atoms with Gasteiger partial charge in [-0.15, -0.1) is 11.8 Å². The Morgan fingerprint density at radius 1 is 0.881 bits per heavy atom. The molecule has 4 nitrogen and oxygen atoms in total. The number of hydrogen-bond donors (Lipinski definition) is 0. The topological polar surface area (TPSA) is 26.6 Å². The summed E-state index contributed by atoms with van der Waals surface area (Å²) in [4.78, 5) is 3.90. The molecule has 6 heteroatoms. The van der Waals surface area contributed by atoms with Crippen molar-refractivity contribution in [1.29, 1.82) is 0 Å². The number of thioether (sulfide) groups is 1. The molecule has 0 aliphatic carbocycles. The lowest BCUT2D eigenvalue weighted by Crippen LogP contribution is -2.43. The summed E-state index contributed by atoms with van der Waals surface area (Å²) in [5.74, 6) is 3.05. The van der Waals surface area contributed by atoms with Crippen molar-refractivity contribution in [1.82, 2.24) is 9.47 Å². The summed E-state index contributed by atoms with van der Waals surface area (Å²) in [5.41, 5.74) is 6.72. The molecule has 0 atom stereocenters. The molecule has 0 unspecified atom stereocenters. The van der Waals surface area contributed by atoms with Crippen LogP contribution in [0.25, 0.3) is 22.2 Å². The predicted octanol–water partition coefficient (Wildman–Crippen LogP) is 9.25. The van der Waals surface area contributed by atoms with E-state index in [9.17, 15) is 0 Å². The summed E-state index contributed by atoms with van der Waals surface area (Å²) in [6.45, 7) is 16.6. The van der Waals surface area contributed by atoms with Gasteiger partial charge >= 0.3 is 0 Å². The van der Waals surface area contributed by atoms with Crippen LogP contribution in [-0.4, -0.2) is 49.8 Å². The second-order valence-electron chi connectivity index (χ2n) is 13.4. The smallest absolute Gasteiger partial charge is 0.250 e. The highest BCUT2D eigenvalue weighted by atomic mass is 32.2. The Morgan fingerprint density at radius 3 is 2.38 bits per heavy atom. The summed E-state index contributed by atoms with van der Waals surface area (Å²) in [7, 11) is -1.94. The molecule has 222 valence electrons. The number of rotatable bonds is 8. The van der Waals surface area contributed by atoms with Gasteiger partial charge in [-0.05, 0) is 98.0 Å². The van der Waals surface area contributed by atoms with Crippen LogP contribution in [0.1, 0.15) is 51.2 Å². The van der Waals surface area contributed by atoms with Gasteiger partial charge in [0.25, 0.3) is 0 Å². The van der Waals surface area contributed by atoms with E-state index >= 15 is 0 Å². The van der Waals surface area contributed by atoms with Crippen LogP contribution in [0.4, 0.5) is 0 Å². The minimum absolute atomic E-state index is 0.157. The first-order valence-corrected chi connectivity index (χ1v) is 19.6. The second kappa shape index (κ2) is 12.1. The molecule has 1 saturated heterocycles. The normalized spacial score (nSPS) is 16.1. The van der Waals surface area contributed by atoms with Crippen LogP contribution < -0.4 is 9.16 Å². The number of benzene rings is 3. The van der Waals surface area contributed by atoms with Gasteiger partial charge in [-0.2, -0.15) is 0 Å². The van der Waals surface area contributed by atoms with Crippen LogP contribution in [0, 0.1) is 0 Å². The molecular formula is C36H46N2O2SSi. The largest absolute Gasteiger partial charge is 0.543 e. The highest BCUT2D eigenvalue weighted by Crippen LogP contribution is 2.44. The van der Waals surface area contributed by atoms with Crippen molar-refractivity contribution < 1.29 is 9.16 Å². The van der Waals surface area contributed by atoms with Crippen LogP contribution in [0.3, 0.4) is 0 Å². The van der Waals surface area contributed by atoms with Gasteiger partial charge in [0.1, 0.15) is 18.1 Å². The molecule has 3 aromatic carbocycles. The lowest BCUT2D eigenvalue weighted by Gasteiger charge is -2.36. The maximum Gasteiger partial charge on any atom is 0.250 e. The maximum absolute atomic E-state index is 6.79. The minimum Gasteiger partial charge on any atom is -0.543 e. The van der Waals surface area contributed by atoms with Gasteiger partial charge in [-0.25, -0.2) is 0 Å². The first-order valence-electron chi connectivity index (χ1n) is 15.7. The number of likely N-dealkylation sites (tertiary alicyclic amines) is 1. The van der Waals surface area contributed by atoms with Crippen LogP contribution in [0.5, 0.6) is 11.5 Å². The quantitative estimate of drug-likeness (QED) is 0.189. The monoisotopic (exact) mass is 598 g/mol. The summed E-state index contributed by atoms with van der Waals surface area (Å²) in [5, 5.41) is 1.49. The first kappa shape index (κ1) is 29.4. The number of fused-ring (bicyclic) bond motifs is 5. The highest BCUT2D eigenvalue weighted by molar-refractivity contribution is 7.99. The van der Waals surface area contributed by atoms with Crippen molar-refractivity contribution >= 4 is 31.0 Å². The fourth-order valence-electron chi connectivity index (χ4n) is 6.04. The van der Waals surface area contributed by atoms with E-state index in [0.29, 0.717) is 0 Å². The predicted molar refractivity (Wildman–Crippen MR) is 181 cm³/mol. The van der Waals surface area contributed by atoms with Gasteiger partial charge in [0.15, 0.2) is 0 Å². The lowest BCUT2D eigenvalue weighted by atomic mass is 10.0. The van der Waals surface area contributed by atoms with Crippen molar-refractivity contribution in [3.8, 4) is 22.8 Å². The SMILES string of the molecule is CC(C)(C)[Si](C)(C)Oc1ccc2c(c1)c1c(n2Cc2ccc(OCCN3CCCCC3)cc2)-c2ccccc2SCC1. The number of aryl methyl sites for hydroxylation is 1. The van der Waals surface area contributed by atoms with Gasteiger partial charge < -0.3 is 13.7 Å². The molecule has 0 N–H and O–H groups in total. The van der Waals surface area contributed by atoms with E-state index in [2.05, 4.69) is 110 Å². The number of nitrogens with zero attached hydrogens (tertiary/aromatic N) is 2. The molecule has 0 spiro atoms. The standard InChI is InChI=1S/C36H46N2O2SSi/c1-36(2,3)42(4,5)40-29-17-18-33-32(25-29)30-19-24-41-34-12-8-7-11-31(34)35(30)38(33)26-27-13-15-28(16-14-27)39-23-22-37-20-9-6-10-21-37/h7-8,11-18,25H,6,9-10,19-24,26H2,1-5H3. The van der Waals surface area contributed by atoms with Gasteiger partial charge in [0.2, 0.25) is 8.32 Å². The zero-order valence-corrected chi connectivity index (χ0v) is 27.9. The zero-order valence-electron chi connectivity index (χ0n) is 26.0. The van der Waals surface area contributed by atoms with Crippen LogP contribution in [-0.2, 0) is 13.0 Å². The van der Waals surface area contributed by atoms with Crippen LogP contribution in [0.2, 0.25) is 18.1 Å². The Hall–Kier alpha value is -2.67. The summed E-state index contributed by atoms with van der Waals surface area (Å²) in [6, 6.07) is 24.5. The number of piperidine rings is 1. The number of hydrogen-bond acceptors (Lipinski definition) is 4. The third-order valence-corrected chi connectivity index (χ3v) is 14.9. The zero-order chi connectivity index (χ0) is 29.3. The Balaban J connectivity index is 1.31. The fourth-order valence-corrected chi connectivity index (χ4v) is 8.08. The molecule has 2 aliphatic heterocycles.